The second-order valence-corrected chi connectivity index (χ2v) is 8.47. The van der Waals surface area contributed by atoms with Crippen LogP contribution in [0.15, 0.2) is 66.7 Å². The van der Waals surface area contributed by atoms with E-state index in [1.807, 2.05) is 6.92 Å². The van der Waals surface area contributed by atoms with Gasteiger partial charge in [0.25, 0.3) is 5.91 Å². The maximum atomic E-state index is 13.0. The lowest BCUT2D eigenvalue weighted by Gasteiger charge is -2.26. The van der Waals surface area contributed by atoms with Crippen molar-refractivity contribution in [2.45, 2.75) is 20.4 Å². The van der Waals surface area contributed by atoms with Gasteiger partial charge in [-0.1, -0.05) is 35.3 Å². The SMILES string of the molecule is CCOC(=O)c1ccc(N(Cc2c(Cl)cccc2Cl)C(=S)NC(=O)c2cccc(OCC)c2)cc1. The van der Waals surface area contributed by atoms with Crippen molar-refractivity contribution in [2.24, 2.45) is 0 Å². The van der Waals surface area contributed by atoms with Crippen LogP contribution in [0, 0.1) is 0 Å². The number of carbonyl (C=O) groups excluding carboxylic acids is 2. The highest BCUT2D eigenvalue weighted by atomic mass is 35.5. The van der Waals surface area contributed by atoms with Crippen molar-refractivity contribution in [3.05, 3.63) is 93.5 Å². The topological polar surface area (TPSA) is 67.9 Å². The molecule has 0 aromatic heterocycles. The monoisotopic (exact) mass is 530 g/mol. The fourth-order valence-corrected chi connectivity index (χ4v) is 4.02. The van der Waals surface area contributed by atoms with E-state index in [9.17, 15) is 9.59 Å². The lowest BCUT2D eigenvalue weighted by Crippen LogP contribution is -2.42. The number of benzene rings is 3. The van der Waals surface area contributed by atoms with Crippen LogP contribution in [0.25, 0.3) is 0 Å². The van der Waals surface area contributed by atoms with Gasteiger partial charge in [-0.05, 0) is 80.7 Å². The first kappa shape index (κ1) is 26.5. The molecule has 3 aromatic carbocycles. The molecule has 0 radical (unpaired) electrons. The molecular formula is C26H24Cl2N2O4S. The summed E-state index contributed by atoms with van der Waals surface area (Å²) >= 11 is 18.4. The second-order valence-electron chi connectivity index (χ2n) is 7.27. The van der Waals surface area contributed by atoms with Crippen molar-refractivity contribution in [3.8, 4) is 5.75 Å². The molecule has 35 heavy (non-hydrogen) atoms. The van der Waals surface area contributed by atoms with Gasteiger partial charge in [-0.25, -0.2) is 4.79 Å². The Bertz CT molecular complexity index is 1200. The molecule has 3 aromatic rings. The Morgan fingerprint density at radius 1 is 0.914 bits per heavy atom. The Hall–Kier alpha value is -3.13. The normalized spacial score (nSPS) is 10.4. The summed E-state index contributed by atoms with van der Waals surface area (Å²) in [4.78, 5) is 26.7. The molecule has 1 amide bonds. The number of carbonyl (C=O) groups is 2. The molecule has 0 heterocycles. The molecule has 0 bridgehead atoms. The lowest BCUT2D eigenvalue weighted by atomic mass is 10.1. The molecule has 1 N–H and O–H groups in total. The average molecular weight is 531 g/mol. The molecule has 0 spiro atoms. The zero-order valence-electron chi connectivity index (χ0n) is 19.2. The van der Waals surface area contributed by atoms with Crippen LogP contribution in [-0.2, 0) is 11.3 Å². The van der Waals surface area contributed by atoms with Gasteiger partial charge in [0.1, 0.15) is 5.75 Å². The predicted octanol–water partition coefficient (Wildman–Crippen LogP) is 6.29. The highest BCUT2D eigenvalue weighted by Crippen LogP contribution is 2.28. The van der Waals surface area contributed by atoms with Crippen LogP contribution in [0.2, 0.25) is 10.0 Å². The third kappa shape index (κ3) is 6.94. The number of ether oxygens (including phenoxy) is 2. The number of hydrogen-bond donors (Lipinski definition) is 1. The second kappa shape index (κ2) is 12.5. The fourth-order valence-electron chi connectivity index (χ4n) is 3.24. The van der Waals surface area contributed by atoms with Crippen LogP contribution in [-0.4, -0.2) is 30.2 Å². The molecule has 0 unspecified atom stereocenters. The van der Waals surface area contributed by atoms with Crippen LogP contribution < -0.4 is 15.0 Å². The summed E-state index contributed by atoms with van der Waals surface area (Å²) in [5, 5.41) is 3.83. The summed E-state index contributed by atoms with van der Waals surface area (Å²) in [7, 11) is 0. The number of halogens is 2. The Morgan fingerprint density at radius 3 is 2.20 bits per heavy atom. The van der Waals surface area contributed by atoms with E-state index in [1.54, 1.807) is 78.6 Å². The van der Waals surface area contributed by atoms with Crippen molar-refractivity contribution < 1.29 is 19.1 Å². The first-order valence-electron chi connectivity index (χ1n) is 10.9. The van der Waals surface area contributed by atoms with Gasteiger partial charge in [-0.2, -0.15) is 0 Å². The smallest absolute Gasteiger partial charge is 0.338 e. The summed E-state index contributed by atoms with van der Waals surface area (Å²) in [6, 6.07) is 18.7. The number of nitrogens with zero attached hydrogens (tertiary/aromatic N) is 1. The van der Waals surface area contributed by atoms with E-state index in [4.69, 9.17) is 44.9 Å². The Morgan fingerprint density at radius 2 is 1.57 bits per heavy atom. The summed E-state index contributed by atoms with van der Waals surface area (Å²) in [5.41, 5.74) is 2.06. The zero-order chi connectivity index (χ0) is 25.4. The van der Waals surface area contributed by atoms with E-state index in [-0.39, 0.29) is 18.3 Å². The minimum Gasteiger partial charge on any atom is -0.494 e. The summed E-state index contributed by atoms with van der Waals surface area (Å²) in [5.74, 6) is -0.236. The molecule has 9 heteroatoms. The molecule has 0 saturated carbocycles. The molecule has 0 atom stereocenters. The standard InChI is InChI=1S/C26H24Cl2N2O4S/c1-3-33-20-8-5-7-18(15-20)24(31)29-26(35)30(16-21-22(27)9-6-10-23(21)28)19-13-11-17(12-14-19)25(32)34-4-2/h5-15H,3-4,16H2,1-2H3,(H,29,31,35). The largest absolute Gasteiger partial charge is 0.494 e. The fraction of sp³-hybridized carbons (Fsp3) is 0.192. The molecule has 3 rings (SSSR count). The quantitative estimate of drug-likeness (QED) is 0.272. The highest BCUT2D eigenvalue weighted by molar-refractivity contribution is 7.80. The Balaban J connectivity index is 1.90. The van der Waals surface area contributed by atoms with Crippen LogP contribution >= 0.6 is 35.4 Å². The number of anilines is 1. The van der Waals surface area contributed by atoms with Gasteiger partial charge in [0, 0.05) is 26.9 Å². The predicted molar refractivity (Wildman–Crippen MR) is 143 cm³/mol. The van der Waals surface area contributed by atoms with E-state index in [2.05, 4.69) is 5.32 Å². The van der Waals surface area contributed by atoms with E-state index in [0.717, 1.165) is 0 Å². The van der Waals surface area contributed by atoms with Crippen LogP contribution in [0.3, 0.4) is 0 Å². The molecule has 0 fully saturated rings. The Kier molecular flexibility index (Phi) is 9.48. The van der Waals surface area contributed by atoms with E-state index in [1.165, 1.54) is 0 Å². The van der Waals surface area contributed by atoms with Gasteiger partial charge in [0.05, 0.1) is 25.3 Å². The minimum absolute atomic E-state index is 0.136. The van der Waals surface area contributed by atoms with E-state index < -0.39 is 11.9 Å². The number of esters is 1. The van der Waals surface area contributed by atoms with Gasteiger partial charge in [0.15, 0.2) is 5.11 Å². The summed E-state index contributed by atoms with van der Waals surface area (Å²) in [6.07, 6.45) is 0. The van der Waals surface area contributed by atoms with Gasteiger partial charge in [0.2, 0.25) is 0 Å². The maximum absolute atomic E-state index is 13.0. The van der Waals surface area contributed by atoms with Crippen molar-refractivity contribution in [1.29, 1.82) is 0 Å². The molecule has 0 aliphatic carbocycles. The number of amides is 1. The number of rotatable bonds is 8. The third-order valence-electron chi connectivity index (χ3n) is 4.94. The Labute approximate surface area is 219 Å². The van der Waals surface area contributed by atoms with Crippen molar-refractivity contribution in [3.63, 3.8) is 0 Å². The molecule has 6 nitrogen and oxygen atoms in total. The van der Waals surface area contributed by atoms with Gasteiger partial charge < -0.3 is 14.4 Å². The number of thiocarbonyl (C=S) groups is 1. The van der Waals surface area contributed by atoms with E-state index in [0.29, 0.717) is 44.8 Å². The molecule has 0 saturated heterocycles. The van der Waals surface area contributed by atoms with Crippen molar-refractivity contribution >= 4 is 58.1 Å². The van der Waals surface area contributed by atoms with Gasteiger partial charge in [-0.15, -0.1) is 0 Å². The van der Waals surface area contributed by atoms with Crippen molar-refractivity contribution in [2.75, 3.05) is 18.1 Å². The molecular weight excluding hydrogens is 507 g/mol. The molecule has 182 valence electrons. The van der Waals surface area contributed by atoms with Crippen LogP contribution in [0.4, 0.5) is 5.69 Å². The van der Waals surface area contributed by atoms with Gasteiger partial charge >= 0.3 is 5.97 Å². The van der Waals surface area contributed by atoms with Crippen molar-refractivity contribution in [1.82, 2.24) is 5.32 Å². The minimum atomic E-state index is -0.426. The lowest BCUT2D eigenvalue weighted by molar-refractivity contribution is 0.0526. The third-order valence-corrected chi connectivity index (χ3v) is 5.97. The molecule has 0 aliphatic heterocycles. The maximum Gasteiger partial charge on any atom is 0.338 e. The first-order chi connectivity index (χ1) is 16.8. The van der Waals surface area contributed by atoms with Crippen LogP contribution in [0.1, 0.15) is 40.1 Å². The first-order valence-corrected chi connectivity index (χ1v) is 12.1. The number of hydrogen-bond acceptors (Lipinski definition) is 5. The summed E-state index contributed by atoms with van der Waals surface area (Å²) < 4.78 is 10.5. The highest BCUT2D eigenvalue weighted by Gasteiger charge is 2.20. The molecule has 0 aliphatic rings. The van der Waals surface area contributed by atoms with E-state index >= 15 is 0 Å². The average Bonchev–Trinajstić information content (AvgIpc) is 2.84. The number of nitrogens with one attached hydrogen (secondary N) is 1. The van der Waals surface area contributed by atoms with Gasteiger partial charge in [-0.3, -0.25) is 10.1 Å². The van der Waals surface area contributed by atoms with Crippen LogP contribution in [0.5, 0.6) is 5.75 Å². The zero-order valence-corrected chi connectivity index (χ0v) is 21.5. The summed E-state index contributed by atoms with van der Waals surface area (Å²) in [6.45, 7) is 4.56.